The van der Waals surface area contributed by atoms with E-state index in [2.05, 4.69) is 18.9 Å². The van der Waals surface area contributed by atoms with E-state index in [-0.39, 0.29) is 12.5 Å². The summed E-state index contributed by atoms with van der Waals surface area (Å²) >= 11 is 0. The molecule has 2 bridgehead atoms. The van der Waals surface area contributed by atoms with E-state index < -0.39 is 22.5 Å². The van der Waals surface area contributed by atoms with Gasteiger partial charge in [0.2, 0.25) is 6.39 Å². The fourth-order valence-corrected chi connectivity index (χ4v) is 2.83. The Hall–Kier alpha value is -1.72. The topological polar surface area (TPSA) is 126 Å². The number of urea groups is 1. The van der Waals surface area contributed by atoms with Crippen molar-refractivity contribution in [3.63, 3.8) is 0 Å². The van der Waals surface area contributed by atoms with E-state index >= 15 is 0 Å². The Labute approximate surface area is 107 Å². The van der Waals surface area contributed by atoms with Gasteiger partial charge in [-0.2, -0.15) is 18.5 Å². The monoisotopic (exact) mass is 290 g/mol. The Kier molecular flexibility index (Phi) is 2.69. The average molecular weight is 290 g/mol. The Balaban J connectivity index is 1.90. The van der Waals surface area contributed by atoms with Crippen molar-refractivity contribution in [1.82, 2.24) is 20.1 Å². The lowest BCUT2D eigenvalue weighted by atomic mass is 9.93. The van der Waals surface area contributed by atoms with Crippen molar-refractivity contribution in [2.45, 2.75) is 18.4 Å². The van der Waals surface area contributed by atoms with E-state index in [1.54, 1.807) is 0 Å². The van der Waals surface area contributed by atoms with Crippen molar-refractivity contribution in [3.8, 4) is 0 Å². The molecule has 10 nitrogen and oxygen atoms in total. The third kappa shape index (κ3) is 2.15. The summed E-state index contributed by atoms with van der Waals surface area (Å²) in [4.78, 5) is 17.2. The summed E-state index contributed by atoms with van der Waals surface area (Å²) in [5, 5.41) is 4.36. The van der Waals surface area contributed by atoms with Crippen LogP contribution >= 0.6 is 0 Å². The van der Waals surface area contributed by atoms with Gasteiger partial charge in [0, 0.05) is 19.0 Å². The molecule has 0 aliphatic carbocycles. The summed E-state index contributed by atoms with van der Waals surface area (Å²) in [6.07, 6.45) is 1.72. The van der Waals surface area contributed by atoms with Gasteiger partial charge < -0.3 is 9.42 Å². The lowest BCUT2D eigenvalue weighted by molar-refractivity contribution is -0.0379. The van der Waals surface area contributed by atoms with Gasteiger partial charge in [-0.1, -0.05) is 5.16 Å². The molecule has 2 aliphatic rings. The second kappa shape index (κ2) is 4.15. The second-order valence-corrected chi connectivity index (χ2v) is 5.31. The fraction of sp³-hybridized carbons (Fsp3) is 0.625. The standard InChI is InChI=1S/C8H10N4O6S/c13-8-11-2-1-5(7-9-4-17-10-7)6(3-11)12(8)18-19(14,15)16/h4-6H,1-3H2,(H,14,15,16)/t5-,6+/m1/s1. The molecule has 2 amide bonds. The molecule has 0 unspecified atom stereocenters. The molecule has 11 heteroatoms. The predicted molar refractivity (Wildman–Crippen MR) is 56.9 cm³/mol. The highest BCUT2D eigenvalue weighted by atomic mass is 32.3. The molecule has 2 aliphatic heterocycles. The maximum atomic E-state index is 11.9. The number of fused-ring (bicyclic) bond motifs is 2. The van der Waals surface area contributed by atoms with Gasteiger partial charge in [-0.05, 0) is 6.42 Å². The third-order valence-corrected chi connectivity index (χ3v) is 3.58. The van der Waals surface area contributed by atoms with Crippen molar-refractivity contribution < 1.29 is 26.6 Å². The first kappa shape index (κ1) is 12.3. The van der Waals surface area contributed by atoms with Gasteiger partial charge in [0.05, 0.1) is 6.04 Å². The number of carbonyl (C=O) groups excluding carboxylic acids is 1. The van der Waals surface area contributed by atoms with E-state index in [0.717, 1.165) is 6.39 Å². The Morgan fingerprint density at radius 2 is 2.32 bits per heavy atom. The molecule has 1 aromatic heterocycles. The number of rotatable bonds is 3. The van der Waals surface area contributed by atoms with Crippen molar-refractivity contribution in [2.24, 2.45) is 0 Å². The maximum Gasteiger partial charge on any atom is 0.418 e. The zero-order valence-electron chi connectivity index (χ0n) is 9.54. The second-order valence-electron chi connectivity index (χ2n) is 4.31. The van der Waals surface area contributed by atoms with E-state index in [4.69, 9.17) is 4.55 Å². The first-order valence-corrected chi connectivity index (χ1v) is 6.83. The third-order valence-electron chi connectivity index (χ3n) is 3.23. The number of amides is 2. The number of hydrogen-bond donors (Lipinski definition) is 1. The van der Waals surface area contributed by atoms with Gasteiger partial charge in [0.15, 0.2) is 5.82 Å². The van der Waals surface area contributed by atoms with Crippen LogP contribution in [0.4, 0.5) is 4.79 Å². The molecule has 0 aromatic carbocycles. The predicted octanol–water partition coefficient (Wildman–Crippen LogP) is -0.602. The number of hydrogen-bond acceptors (Lipinski definition) is 7. The molecule has 0 radical (unpaired) electrons. The minimum Gasteiger partial charge on any atom is -0.343 e. The largest absolute Gasteiger partial charge is 0.418 e. The number of aromatic nitrogens is 2. The highest BCUT2D eigenvalue weighted by molar-refractivity contribution is 7.80. The van der Waals surface area contributed by atoms with Crippen LogP contribution in [0.5, 0.6) is 0 Å². The Bertz CT molecular complexity index is 586. The summed E-state index contributed by atoms with van der Waals surface area (Å²) in [7, 11) is -4.76. The molecule has 2 fully saturated rings. The minimum absolute atomic E-state index is 0.285. The van der Waals surface area contributed by atoms with Gasteiger partial charge in [-0.3, -0.25) is 4.55 Å². The van der Waals surface area contributed by atoms with Crippen molar-refractivity contribution in [2.75, 3.05) is 13.1 Å². The summed E-state index contributed by atoms with van der Waals surface area (Å²) in [6.45, 7) is 0.716. The molecular formula is C8H10N4O6S. The van der Waals surface area contributed by atoms with Crippen LogP contribution in [-0.2, 0) is 14.7 Å². The first-order chi connectivity index (χ1) is 8.96. The lowest BCUT2D eigenvalue weighted by Crippen LogP contribution is -2.40. The van der Waals surface area contributed by atoms with Crippen LogP contribution in [0.2, 0.25) is 0 Å². The number of hydroxylamine groups is 2. The van der Waals surface area contributed by atoms with Crippen LogP contribution in [0.3, 0.4) is 0 Å². The van der Waals surface area contributed by atoms with Crippen LogP contribution in [0, 0.1) is 0 Å². The molecule has 104 valence electrons. The van der Waals surface area contributed by atoms with Gasteiger partial charge in [-0.25, -0.2) is 4.79 Å². The van der Waals surface area contributed by atoms with Crippen molar-refractivity contribution in [3.05, 3.63) is 12.2 Å². The van der Waals surface area contributed by atoms with E-state index in [9.17, 15) is 13.2 Å². The van der Waals surface area contributed by atoms with E-state index in [1.807, 2.05) is 0 Å². The average Bonchev–Trinajstić information content (AvgIpc) is 2.93. The quantitative estimate of drug-likeness (QED) is 0.731. The summed E-state index contributed by atoms with van der Waals surface area (Å²) in [5.41, 5.74) is 0. The summed E-state index contributed by atoms with van der Waals surface area (Å²) in [6, 6.07) is -1.19. The molecule has 1 aromatic rings. The highest BCUT2D eigenvalue weighted by Gasteiger charge is 2.49. The smallest absolute Gasteiger partial charge is 0.343 e. The molecule has 3 heterocycles. The van der Waals surface area contributed by atoms with Crippen LogP contribution in [0.25, 0.3) is 0 Å². The van der Waals surface area contributed by atoms with Crippen molar-refractivity contribution in [1.29, 1.82) is 0 Å². The van der Waals surface area contributed by atoms with Crippen LogP contribution < -0.4 is 0 Å². The summed E-state index contributed by atoms with van der Waals surface area (Å²) < 4.78 is 39.3. The molecular weight excluding hydrogens is 280 g/mol. The van der Waals surface area contributed by atoms with Crippen LogP contribution in [0.1, 0.15) is 18.2 Å². The number of piperidine rings is 1. The van der Waals surface area contributed by atoms with Crippen LogP contribution in [0.15, 0.2) is 10.9 Å². The maximum absolute atomic E-state index is 11.9. The molecule has 2 saturated heterocycles. The molecule has 3 rings (SSSR count). The Morgan fingerprint density at radius 1 is 1.53 bits per heavy atom. The highest BCUT2D eigenvalue weighted by Crippen LogP contribution is 2.35. The molecule has 19 heavy (non-hydrogen) atoms. The molecule has 0 spiro atoms. The van der Waals surface area contributed by atoms with E-state index in [1.165, 1.54) is 4.90 Å². The lowest BCUT2D eigenvalue weighted by Gasteiger charge is -2.27. The number of carbonyl (C=O) groups is 1. The first-order valence-electron chi connectivity index (χ1n) is 5.47. The minimum atomic E-state index is -4.76. The van der Waals surface area contributed by atoms with E-state index in [0.29, 0.717) is 23.9 Å². The van der Waals surface area contributed by atoms with Crippen LogP contribution in [-0.4, -0.2) is 58.2 Å². The Morgan fingerprint density at radius 3 is 2.95 bits per heavy atom. The summed E-state index contributed by atoms with van der Waals surface area (Å²) in [5.74, 6) is 0.0755. The fourth-order valence-electron chi connectivity index (χ4n) is 2.46. The molecule has 2 atom stereocenters. The normalized spacial score (nSPS) is 27.1. The molecule has 1 N–H and O–H groups in total. The van der Waals surface area contributed by atoms with Gasteiger partial charge in [0.1, 0.15) is 0 Å². The van der Waals surface area contributed by atoms with Gasteiger partial charge in [-0.15, -0.1) is 4.28 Å². The van der Waals surface area contributed by atoms with Crippen molar-refractivity contribution >= 4 is 16.4 Å². The SMILES string of the molecule is O=C1N2CC[C@@H](c3ncon3)[C@H](C2)N1OS(=O)(=O)O. The number of nitrogens with zero attached hydrogens (tertiary/aromatic N) is 4. The van der Waals surface area contributed by atoms with Gasteiger partial charge >= 0.3 is 16.4 Å². The zero-order chi connectivity index (χ0) is 13.6. The molecule has 0 saturated carbocycles. The van der Waals surface area contributed by atoms with Gasteiger partial charge in [0.25, 0.3) is 0 Å². The zero-order valence-corrected chi connectivity index (χ0v) is 10.4.